The summed E-state index contributed by atoms with van der Waals surface area (Å²) in [5.74, 6) is 0.177. The molecule has 0 spiro atoms. The molecule has 3 aromatic carbocycles. The average Bonchev–Trinajstić information content (AvgIpc) is 2.77. The number of benzene rings is 3. The Bertz CT molecular complexity index is 972. The van der Waals surface area contributed by atoms with Gasteiger partial charge < -0.3 is 19.5 Å². The number of hydrogen-bond acceptors (Lipinski definition) is 5. The molecule has 0 aliphatic heterocycles. The molecule has 0 radical (unpaired) electrons. The lowest BCUT2D eigenvalue weighted by molar-refractivity contribution is -0.119. The Hall–Kier alpha value is -3.80. The number of ether oxygens (including phenoxy) is 3. The van der Waals surface area contributed by atoms with E-state index in [-0.39, 0.29) is 6.61 Å². The van der Waals surface area contributed by atoms with Crippen LogP contribution in [0.15, 0.2) is 78.9 Å². The number of anilines is 1. The number of carbonyl (C=O) groups is 2. The Labute approximate surface area is 169 Å². The van der Waals surface area contributed by atoms with Crippen molar-refractivity contribution in [2.45, 2.75) is 6.61 Å². The maximum absolute atomic E-state index is 12.5. The molecule has 0 aliphatic carbocycles. The number of nitrogens with one attached hydrogen (secondary N) is 1. The lowest BCUT2D eigenvalue weighted by atomic mass is 10.1. The lowest BCUT2D eigenvalue weighted by Gasteiger charge is -2.12. The van der Waals surface area contributed by atoms with Crippen molar-refractivity contribution in [2.75, 3.05) is 19.0 Å². The topological polar surface area (TPSA) is 73.9 Å². The highest BCUT2D eigenvalue weighted by Crippen LogP contribution is 2.23. The lowest BCUT2D eigenvalue weighted by Crippen LogP contribution is -2.21. The Morgan fingerprint density at radius 1 is 0.862 bits per heavy atom. The number of rotatable bonds is 8. The summed E-state index contributed by atoms with van der Waals surface area (Å²) in [5.41, 5.74) is 1.53. The van der Waals surface area contributed by atoms with E-state index in [9.17, 15) is 9.59 Å². The molecule has 6 heteroatoms. The van der Waals surface area contributed by atoms with E-state index >= 15 is 0 Å². The van der Waals surface area contributed by atoms with Crippen molar-refractivity contribution in [2.24, 2.45) is 0 Å². The van der Waals surface area contributed by atoms with Crippen molar-refractivity contribution in [3.63, 3.8) is 0 Å². The zero-order valence-corrected chi connectivity index (χ0v) is 16.0. The second-order valence-corrected chi connectivity index (χ2v) is 6.08. The van der Waals surface area contributed by atoms with E-state index in [4.69, 9.17) is 14.2 Å². The van der Waals surface area contributed by atoms with Crippen LogP contribution in [0, 0.1) is 0 Å². The van der Waals surface area contributed by atoms with Gasteiger partial charge in [-0.25, -0.2) is 4.79 Å². The minimum absolute atomic E-state index is 0.211. The van der Waals surface area contributed by atoms with E-state index in [1.807, 2.05) is 36.4 Å². The SMILES string of the molecule is COc1ccccc1NC(=O)COC(=O)c1ccccc1COc1ccccc1. The van der Waals surface area contributed by atoms with Crippen LogP contribution in [-0.4, -0.2) is 25.6 Å². The van der Waals surface area contributed by atoms with E-state index in [1.54, 1.807) is 42.5 Å². The van der Waals surface area contributed by atoms with E-state index in [1.165, 1.54) is 7.11 Å². The molecule has 0 saturated heterocycles. The highest BCUT2D eigenvalue weighted by atomic mass is 16.5. The van der Waals surface area contributed by atoms with E-state index in [2.05, 4.69) is 5.32 Å². The number of carbonyl (C=O) groups excluding carboxylic acids is 2. The molecule has 0 saturated carbocycles. The molecule has 1 N–H and O–H groups in total. The molecule has 6 nitrogen and oxygen atoms in total. The third-order valence-electron chi connectivity index (χ3n) is 4.09. The van der Waals surface area contributed by atoms with Gasteiger partial charge in [0, 0.05) is 5.56 Å². The standard InChI is InChI=1S/C23H21NO5/c1-27-21-14-8-7-13-20(21)24-22(25)16-29-23(26)19-12-6-5-9-17(19)15-28-18-10-3-2-4-11-18/h2-14H,15-16H2,1H3,(H,24,25). The Morgan fingerprint density at radius 2 is 1.55 bits per heavy atom. The minimum atomic E-state index is -0.590. The van der Waals surface area contributed by atoms with Crippen LogP contribution >= 0.6 is 0 Å². The highest BCUT2D eigenvalue weighted by molar-refractivity contribution is 5.96. The van der Waals surface area contributed by atoms with Crippen LogP contribution < -0.4 is 14.8 Å². The van der Waals surface area contributed by atoms with Crippen LogP contribution in [-0.2, 0) is 16.1 Å². The monoisotopic (exact) mass is 391 g/mol. The van der Waals surface area contributed by atoms with Crippen molar-refractivity contribution in [1.29, 1.82) is 0 Å². The van der Waals surface area contributed by atoms with Crippen LogP contribution in [0.3, 0.4) is 0 Å². The third kappa shape index (κ3) is 5.59. The molecule has 0 heterocycles. The van der Waals surface area contributed by atoms with Crippen LogP contribution in [0.25, 0.3) is 0 Å². The molecule has 0 bridgehead atoms. The van der Waals surface area contributed by atoms with Gasteiger partial charge in [0.1, 0.15) is 18.1 Å². The first-order chi connectivity index (χ1) is 14.2. The second-order valence-electron chi connectivity index (χ2n) is 6.08. The summed E-state index contributed by atoms with van der Waals surface area (Å²) in [5, 5.41) is 2.66. The quantitative estimate of drug-likeness (QED) is 0.586. The fourth-order valence-electron chi connectivity index (χ4n) is 2.67. The summed E-state index contributed by atoms with van der Waals surface area (Å²) in [6, 6.07) is 23.3. The third-order valence-corrected chi connectivity index (χ3v) is 4.09. The van der Waals surface area contributed by atoms with Crippen molar-refractivity contribution < 1.29 is 23.8 Å². The van der Waals surface area contributed by atoms with Crippen LogP contribution in [0.5, 0.6) is 11.5 Å². The molecule has 3 aromatic rings. The van der Waals surface area contributed by atoms with E-state index in [0.29, 0.717) is 28.3 Å². The van der Waals surface area contributed by atoms with Crippen LogP contribution in [0.1, 0.15) is 15.9 Å². The minimum Gasteiger partial charge on any atom is -0.495 e. The zero-order valence-electron chi connectivity index (χ0n) is 16.0. The van der Waals surface area contributed by atoms with Gasteiger partial charge >= 0.3 is 5.97 Å². The number of amides is 1. The first-order valence-corrected chi connectivity index (χ1v) is 9.03. The Morgan fingerprint density at radius 3 is 2.34 bits per heavy atom. The maximum Gasteiger partial charge on any atom is 0.339 e. The first-order valence-electron chi connectivity index (χ1n) is 9.03. The van der Waals surface area contributed by atoms with Gasteiger partial charge in [0.2, 0.25) is 0 Å². The molecule has 1 amide bonds. The van der Waals surface area contributed by atoms with Crippen LogP contribution in [0.2, 0.25) is 0 Å². The van der Waals surface area contributed by atoms with E-state index < -0.39 is 18.5 Å². The normalized spacial score (nSPS) is 10.1. The van der Waals surface area contributed by atoms with E-state index in [0.717, 1.165) is 0 Å². The molecule has 0 unspecified atom stereocenters. The van der Waals surface area contributed by atoms with Crippen molar-refractivity contribution in [3.8, 4) is 11.5 Å². The van der Waals surface area contributed by atoms with Gasteiger partial charge in [0.15, 0.2) is 6.61 Å². The van der Waals surface area contributed by atoms with Gasteiger partial charge in [0.05, 0.1) is 18.4 Å². The Kier molecular flexibility index (Phi) is 6.84. The van der Waals surface area contributed by atoms with Crippen molar-refractivity contribution >= 4 is 17.6 Å². The van der Waals surface area contributed by atoms with Gasteiger partial charge in [-0.3, -0.25) is 4.79 Å². The molecule has 0 aliphatic rings. The van der Waals surface area contributed by atoms with Gasteiger partial charge in [-0.1, -0.05) is 48.5 Å². The summed E-state index contributed by atoms with van der Waals surface area (Å²) < 4.78 is 16.1. The van der Waals surface area contributed by atoms with Crippen molar-refractivity contribution in [1.82, 2.24) is 0 Å². The Balaban J connectivity index is 1.58. The molecule has 0 aromatic heterocycles. The smallest absolute Gasteiger partial charge is 0.339 e. The molecule has 29 heavy (non-hydrogen) atoms. The van der Waals surface area contributed by atoms with Gasteiger partial charge in [-0.15, -0.1) is 0 Å². The second kappa shape index (κ2) is 9.94. The molecule has 0 atom stereocenters. The molecule has 0 fully saturated rings. The fraction of sp³-hybridized carbons (Fsp3) is 0.130. The summed E-state index contributed by atoms with van der Waals surface area (Å²) in [6.07, 6.45) is 0. The van der Waals surface area contributed by atoms with Crippen LogP contribution in [0.4, 0.5) is 5.69 Å². The average molecular weight is 391 g/mol. The molecular weight excluding hydrogens is 370 g/mol. The maximum atomic E-state index is 12.5. The van der Waals surface area contributed by atoms with Gasteiger partial charge in [0.25, 0.3) is 5.91 Å². The first kappa shape index (κ1) is 19.9. The molecule has 148 valence electrons. The number of para-hydroxylation sites is 3. The highest BCUT2D eigenvalue weighted by Gasteiger charge is 2.15. The number of methoxy groups -OCH3 is 1. The molecular formula is C23H21NO5. The summed E-state index contributed by atoms with van der Waals surface area (Å²) in [4.78, 5) is 24.6. The predicted octanol–water partition coefficient (Wildman–Crippen LogP) is 4.07. The zero-order chi connectivity index (χ0) is 20.5. The summed E-state index contributed by atoms with van der Waals surface area (Å²) in [7, 11) is 1.51. The summed E-state index contributed by atoms with van der Waals surface area (Å²) in [6.45, 7) is -0.201. The summed E-state index contributed by atoms with van der Waals surface area (Å²) >= 11 is 0. The van der Waals surface area contributed by atoms with Gasteiger partial charge in [-0.2, -0.15) is 0 Å². The van der Waals surface area contributed by atoms with Crippen molar-refractivity contribution in [3.05, 3.63) is 90.0 Å². The fourth-order valence-corrected chi connectivity index (χ4v) is 2.67. The number of hydrogen-bond donors (Lipinski definition) is 1. The molecule has 3 rings (SSSR count). The number of esters is 1. The predicted molar refractivity (Wildman–Crippen MR) is 109 cm³/mol. The largest absolute Gasteiger partial charge is 0.495 e. The van der Waals surface area contributed by atoms with Gasteiger partial charge in [-0.05, 0) is 30.3 Å².